The fourth-order valence-electron chi connectivity index (χ4n) is 1.77. The van der Waals surface area contributed by atoms with Gasteiger partial charge in [0.05, 0.1) is 6.61 Å². The zero-order valence-corrected chi connectivity index (χ0v) is 12.0. The third kappa shape index (κ3) is 9.51. The number of unbranched alkanes of at least 4 members (excludes halogenated alkanes) is 5. The molecule has 0 heterocycles. The monoisotopic (exact) mass is 266 g/mol. The van der Waals surface area contributed by atoms with E-state index >= 15 is 0 Å². The lowest BCUT2D eigenvalue weighted by atomic mass is 10.1. The molecule has 0 amide bonds. The summed E-state index contributed by atoms with van der Waals surface area (Å²) in [5, 5.41) is 0. The van der Waals surface area contributed by atoms with E-state index in [4.69, 9.17) is 14.5 Å². The number of benzene rings is 1. The predicted molar refractivity (Wildman–Crippen MR) is 77.2 cm³/mol. The molecular formula is C16H26O3. The highest BCUT2D eigenvalue weighted by molar-refractivity contribution is 5.20. The first-order chi connectivity index (χ1) is 9.43. The van der Waals surface area contributed by atoms with Crippen molar-refractivity contribution in [1.82, 2.24) is 0 Å². The molecule has 1 aromatic rings. The van der Waals surface area contributed by atoms with Crippen LogP contribution in [0, 0.1) is 0 Å². The smallest absolute Gasteiger partial charge is 0.119 e. The highest BCUT2D eigenvalue weighted by Crippen LogP contribution is 2.08. The van der Waals surface area contributed by atoms with Crippen LogP contribution < -0.4 is 4.74 Å². The minimum absolute atomic E-state index is 0.463. The topological polar surface area (TPSA) is 27.7 Å². The van der Waals surface area contributed by atoms with Crippen molar-refractivity contribution in [2.45, 2.75) is 45.4 Å². The molecular weight excluding hydrogens is 240 g/mol. The highest BCUT2D eigenvalue weighted by atomic mass is 17.2. The predicted octanol–water partition coefficient (Wildman–Crippen LogP) is 4.37. The van der Waals surface area contributed by atoms with Crippen LogP contribution in [0.15, 0.2) is 30.3 Å². The van der Waals surface area contributed by atoms with Crippen LogP contribution in [-0.4, -0.2) is 19.8 Å². The quantitative estimate of drug-likeness (QED) is 0.319. The summed E-state index contributed by atoms with van der Waals surface area (Å²) in [5.74, 6) is 0.863. The number of hydrogen-bond donors (Lipinski definition) is 0. The Morgan fingerprint density at radius 2 is 1.42 bits per heavy atom. The second-order valence-corrected chi connectivity index (χ2v) is 4.57. The van der Waals surface area contributed by atoms with E-state index in [1.54, 1.807) is 0 Å². The van der Waals surface area contributed by atoms with Gasteiger partial charge in [-0.2, -0.15) is 0 Å². The van der Waals surface area contributed by atoms with Crippen LogP contribution in [0.5, 0.6) is 5.75 Å². The molecule has 0 spiro atoms. The van der Waals surface area contributed by atoms with Gasteiger partial charge >= 0.3 is 0 Å². The third-order valence-electron chi connectivity index (χ3n) is 2.84. The molecule has 0 aliphatic heterocycles. The van der Waals surface area contributed by atoms with E-state index in [9.17, 15) is 0 Å². The van der Waals surface area contributed by atoms with Crippen LogP contribution in [0.3, 0.4) is 0 Å². The summed E-state index contributed by atoms with van der Waals surface area (Å²) in [7, 11) is 0. The molecule has 3 nitrogen and oxygen atoms in total. The summed E-state index contributed by atoms with van der Waals surface area (Å²) < 4.78 is 5.47. The molecule has 0 radical (unpaired) electrons. The lowest BCUT2D eigenvalue weighted by molar-refractivity contribution is -0.297. The lowest BCUT2D eigenvalue weighted by Crippen LogP contribution is -2.07. The first-order valence-electron chi connectivity index (χ1n) is 7.35. The minimum Gasteiger partial charge on any atom is -0.491 e. The Bertz CT molecular complexity index is 287. The van der Waals surface area contributed by atoms with Gasteiger partial charge in [-0.25, -0.2) is 9.78 Å². The summed E-state index contributed by atoms with van der Waals surface area (Å²) >= 11 is 0. The second-order valence-electron chi connectivity index (χ2n) is 4.57. The van der Waals surface area contributed by atoms with Gasteiger partial charge < -0.3 is 4.74 Å². The summed E-state index contributed by atoms with van der Waals surface area (Å²) in [5.41, 5.74) is 0. The Morgan fingerprint density at radius 1 is 0.737 bits per heavy atom. The van der Waals surface area contributed by atoms with Gasteiger partial charge in [0.2, 0.25) is 0 Å². The van der Waals surface area contributed by atoms with E-state index in [1.165, 1.54) is 32.1 Å². The van der Waals surface area contributed by atoms with Crippen molar-refractivity contribution in [1.29, 1.82) is 0 Å². The minimum atomic E-state index is 0.463. The van der Waals surface area contributed by atoms with E-state index < -0.39 is 0 Å². The average Bonchev–Trinajstić information content (AvgIpc) is 2.46. The first-order valence-corrected chi connectivity index (χ1v) is 7.35. The van der Waals surface area contributed by atoms with Crippen LogP contribution in [0.25, 0.3) is 0 Å². The molecule has 1 aromatic carbocycles. The van der Waals surface area contributed by atoms with E-state index in [2.05, 4.69) is 6.92 Å². The molecule has 0 N–H and O–H groups in total. The Morgan fingerprint density at radius 3 is 2.21 bits per heavy atom. The molecule has 0 bridgehead atoms. The molecule has 0 unspecified atom stereocenters. The van der Waals surface area contributed by atoms with Crippen molar-refractivity contribution in [3.63, 3.8) is 0 Å². The summed E-state index contributed by atoms with van der Waals surface area (Å²) in [6.07, 6.45) is 7.57. The second kappa shape index (κ2) is 12.0. The Balaban J connectivity index is 1.79. The van der Waals surface area contributed by atoms with Gasteiger partial charge in [-0.1, -0.05) is 57.2 Å². The van der Waals surface area contributed by atoms with Crippen LogP contribution in [0.1, 0.15) is 45.4 Å². The molecule has 0 saturated heterocycles. The molecule has 0 aromatic heterocycles. The number of ether oxygens (including phenoxy) is 1. The molecule has 0 atom stereocenters. The maximum Gasteiger partial charge on any atom is 0.119 e. The van der Waals surface area contributed by atoms with Gasteiger partial charge in [0.1, 0.15) is 19.0 Å². The van der Waals surface area contributed by atoms with Gasteiger partial charge in [-0.05, 0) is 18.6 Å². The number of hydrogen-bond acceptors (Lipinski definition) is 3. The first kappa shape index (κ1) is 16.0. The largest absolute Gasteiger partial charge is 0.491 e. The normalized spacial score (nSPS) is 10.6. The standard InChI is InChI=1S/C16H26O3/c1-2-3-4-5-6-10-13-18-19-15-14-17-16-11-8-7-9-12-16/h7-9,11-12H,2-6,10,13-15H2,1H3. The van der Waals surface area contributed by atoms with Crippen LogP contribution in [-0.2, 0) is 9.78 Å². The van der Waals surface area contributed by atoms with Crippen molar-refractivity contribution >= 4 is 0 Å². The molecule has 0 fully saturated rings. The molecule has 0 aliphatic rings. The number of rotatable bonds is 12. The van der Waals surface area contributed by atoms with Crippen molar-refractivity contribution in [3.8, 4) is 5.75 Å². The third-order valence-corrected chi connectivity index (χ3v) is 2.84. The molecule has 108 valence electrons. The molecule has 19 heavy (non-hydrogen) atoms. The summed E-state index contributed by atoms with van der Waals surface area (Å²) in [6, 6.07) is 9.72. The van der Waals surface area contributed by atoms with Crippen LogP contribution >= 0.6 is 0 Å². The molecule has 0 aliphatic carbocycles. The van der Waals surface area contributed by atoms with E-state index in [0.29, 0.717) is 19.8 Å². The molecule has 1 rings (SSSR count). The maximum atomic E-state index is 5.47. The van der Waals surface area contributed by atoms with Crippen molar-refractivity contribution in [2.75, 3.05) is 19.8 Å². The Labute approximate surface area is 116 Å². The zero-order valence-electron chi connectivity index (χ0n) is 12.0. The molecule has 3 heteroatoms. The Hall–Kier alpha value is -1.06. The van der Waals surface area contributed by atoms with Crippen molar-refractivity contribution in [2.24, 2.45) is 0 Å². The fraction of sp³-hybridized carbons (Fsp3) is 0.625. The van der Waals surface area contributed by atoms with Crippen molar-refractivity contribution < 1.29 is 14.5 Å². The van der Waals surface area contributed by atoms with Crippen molar-refractivity contribution in [3.05, 3.63) is 30.3 Å². The fourth-order valence-corrected chi connectivity index (χ4v) is 1.77. The van der Waals surface area contributed by atoms with Gasteiger partial charge in [-0.3, -0.25) is 0 Å². The van der Waals surface area contributed by atoms with Gasteiger partial charge in [0.25, 0.3) is 0 Å². The van der Waals surface area contributed by atoms with E-state index in [-0.39, 0.29) is 0 Å². The SMILES string of the molecule is CCCCCCCCOOCCOc1ccccc1. The molecule has 0 saturated carbocycles. The summed E-state index contributed by atoms with van der Waals surface area (Å²) in [4.78, 5) is 10.2. The highest BCUT2D eigenvalue weighted by Gasteiger charge is 1.94. The van der Waals surface area contributed by atoms with E-state index in [1.807, 2.05) is 30.3 Å². The Kier molecular flexibility index (Phi) is 10.1. The van der Waals surface area contributed by atoms with Crippen LogP contribution in [0.2, 0.25) is 0 Å². The maximum absolute atomic E-state index is 5.47. The van der Waals surface area contributed by atoms with Crippen LogP contribution in [0.4, 0.5) is 0 Å². The van der Waals surface area contributed by atoms with Gasteiger partial charge in [-0.15, -0.1) is 0 Å². The van der Waals surface area contributed by atoms with E-state index in [0.717, 1.165) is 12.2 Å². The lowest BCUT2D eigenvalue weighted by Gasteiger charge is -2.06. The zero-order chi connectivity index (χ0) is 13.6. The average molecular weight is 266 g/mol. The van der Waals surface area contributed by atoms with Gasteiger partial charge in [0.15, 0.2) is 0 Å². The number of para-hydroxylation sites is 1. The van der Waals surface area contributed by atoms with Gasteiger partial charge in [0, 0.05) is 0 Å². The summed E-state index contributed by atoms with van der Waals surface area (Å²) in [6.45, 7) is 3.89.